The fraction of sp³-hybridized carbons (Fsp3) is 0.263. The molecule has 1 aromatic carbocycles. The molecule has 2 aromatic heterocycles. The number of benzene rings is 1. The van der Waals surface area contributed by atoms with E-state index in [1.54, 1.807) is 24.5 Å². The van der Waals surface area contributed by atoms with Gasteiger partial charge < -0.3 is 15.1 Å². The topological polar surface area (TPSA) is 98.1 Å². The van der Waals surface area contributed by atoms with Crippen LogP contribution in [0.4, 0.5) is 5.95 Å². The predicted molar refractivity (Wildman–Crippen MR) is 98.0 cm³/mol. The lowest BCUT2D eigenvalue weighted by Crippen LogP contribution is -2.38. The van der Waals surface area contributed by atoms with Crippen molar-refractivity contribution in [2.45, 2.75) is 18.8 Å². The molecule has 0 bridgehead atoms. The van der Waals surface area contributed by atoms with E-state index in [2.05, 4.69) is 15.0 Å². The number of fused-ring (bicyclic) bond motifs is 1. The lowest BCUT2D eigenvalue weighted by Gasteiger charge is -2.30. The fourth-order valence-corrected chi connectivity index (χ4v) is 3.15. The molecule has 0 radical (unpaired) electrons. The molecule has 1 fully saturated rings. The van der Waals surface area contributed by atoms with Crippen LogP contribution in [0, 0.1) is 0 Å². The number of nitrogens with zero attached hydrogens (tertiary/aromatic N) is 4. The van der Waals surface area contributed by atoms with E-state index < -0.39 is 0 Å². The lowest BCUT2D eigenvalue weighted by molar-refractivity contribution is -0.127. The highest BCUT2D eigenvalue weighted by atomic mass is 16.3. The number of carbonyl (C=O) groups is 1. The van der Waals surface area contributed by atoms with Crippen molar-refractivity contribution in [1.29, 1.82) is 0 Å². The van der Waals surface area contributed by atoms with Gasteiger partial charge in [0.05, 0.1) is 5.92 Å². The number of piperidine rings is 1. The number of hydrogen-bond donors (Lipinski definition) is 1. The summed E-state index contributed by atoms with van der Waals surface area (Å²) in [7, 11) is 0. The van der Waals surface area contributed by atoms with Crippen molar-refractivity contribution >= 4 is 29.0 Å². The summed E-state index contributed by atoms with van der Waals surface area (Å²) >= 11 is 0. The second-order valence-electron chi connectivity index (χ2n) is 6.35. The van der Waals surface area contributed by atoms with Gasteiger partial charge in [0.15, 0.2) is 11.5 Å². The lowest BCUT2D eigenvalue weighted by atomic mass is 9.98. The Bertz CT molecular complexity index is 915. The molecule has 3 heterocycles. The summed E-state index contributed by atoms with van der Waals surface area (Å²) < 4.78 is 5.88. The van der Waals surface area contributed by atoms with Crippen molar-refractivity contribution in [3.05, 3.63) is 54.2 Å². The van der Waals surface area contributed by atoms with Crippen LogP contribution in [0.2, 0.25) is 0 Å². The van der Waals surface area contributed by atoms with Gasteiger partial charge in [-0.25, -0.2) is 15.0 Å². The van der Waals surface area contributed by atoms with Crippen molar-refractivity contribution < 1.29 is 9.21 Å². The predicted octanol–water partition coefficient (Wildman–Crippen LogP) is 2.62. The number of nitrogen functional groups attached to an aromatic ring is 1. The molecule has 3 aromatic rings. The van der Waals surface area contributed by atoms with E-state index >= 15 is 0 Å². The zero-order valence-electron chi connectivity index (χ0n) is 14.2. The summed E-state index contributed by atoms with van der Waals surface area (Å²) in [6.45, 7) is 1.34. The number of amides is 1. The van der Waals surface area contributed by atoms with Gasteiger partial charge in [-0.3, -0.25) is 4.79 Å². The highest BCUT2D eigenvalue weighted by molar-refractivity contribution is 5.91. The minimum absolute atomic E-state index is 0.0392. The first-order chi connectivity index (χ1) is 12.7. The Morgan fingerprint density at radius 3 is 2.88 bits per heavy atom. The minimum Gasteiger partial charge on any atom is -0.440 e. The van der Waals surface area contributed by atoms with Gasteiger partial charge in [-0.15, -0.1) is 0 Å². The molecular formula is C19H19N5O2. The second-order valence-corrected chi connectivity index (χ2v) is 6.35. The summed E-state index contributed by atoms with van der Waals surface area (Å²) in [4.78, 5) is 26.7. The molecule has 26 heavy (non-hydrogen) atoms. The largest absolute Gasteiger partial charge is 0.440 e. The van der Waals surface area contributed by atoms with E-state index in [0.29, 0.717) is 12.4 Å². The number of carbonyl (C=O) groups excluding carboxylic acids is 1. The third-order valence-corrected chi connectivity index (χ3v) is 4.50. The quantitative estimate of drug-likeness (QED) is 0.730. The van der Waals surface area contributed by atoms with Gasteiger partial charge in [0.25, 0.3) is 0 Å². The number of likely N-dealkylation sites (tertiary alicyclic amines) is 1. The summed E-state index contributed by atoms with van der Waals surface area (Å²) in [5, 5.41) is 0. The number of aromatic nitrogens is 3. The molecule has 1 aliphatic heterocycles. The molecule has 1 unspecified atom stereocenters. The maximum atomic E-state index is 12.5. The Morgan fingerprint density at radius 1 is 1.27 bits per heavy atom. The van der Waals surface area contributed by atoms with Gasteiger partial charge >= 0.3 is 0 Å². The standard InChI is InChI=1S/C19H19N5O2/c20-19-21-10-13(11-22-19)7-8-17(25)24-9-3-4-14(12-24)18-23-15-5-1-2-6-16(15)26-18/h1-2,5-8,10-11,14H,3-4,9,12H2,(H2,20,21,22)/b8-7+. The van der Waals surface area contributed by atoms with Crippen molar-refractivity contribution in [2.75, 3.05) is 18.8 Å². The van der Waals surface area contributed by atoms with Crippen LogP contribution in [-0.2, 0) is 4.79 Å². The van der Waals surface area contributed by atoms with E-state index in [4.69, 9.17) is 10.2 Å². The summed E-state index contributed by atoms with van der Waals surface area (Å²) in [5.41, 5.74) is 7.84. The smallest absolute Gasteiger partial charge is 0.246 e. The second kappa shape index (κ2) is 6.95. The molecule has 7 nitrogen and oxygen atoms in total. The monoisotopic (exact) mass is 349 g/mol. The van der Waals surface area contributed by atoms with Crippen LogP contribution in [0.15, 0.2) is 47.2 Å². The summed E-state index contributed by atoms with van der Waals surface area (Å²) in [5.74, 6) is 1.00. The maximum absolute atomic E-state index is 12.5. The van der Waals surface area contributed by atoms with Gasteiger partial charge in [-0.05, 0) is 31.1 Å². The zero-order chi connectivity index (χ0) is 17.9. The number of anilines is 1. The Labute approximate surface area is 150 Å². The van der Waals surface area contributed by atoms with Crippen LogP contribution in [0.3, 0.4) is 0 Å². The maximum Gasteiger partial charge on any atom is 0.246 e. The fourth-order valence-electron chi connectivity index (χ4n) is 3.15. The molecular weight excluding hydrogens is 330 g/mol. The third kappa shape index (κ3) is 3.42. The van der Waals surface area contributed by atoms with Crippen LogP contribution in [0.25, 0.3) is 17.2 Å². The number of para-hydroxylation sites is 2. The molecule has 1 saturated heterocycles. The van der Waals surface area contributed by atoms with Crippen molar-refractivity contribution in [2.24, 2.45) is 0 Å². The molecule has 2 N–H and O–H groups in total. The number of hydrogen-bond acceptors (Lipinski definition) is 6. The van der Waals surface area contributed by atoms with E-state index in [9.17, 15) is 4.79 Å². The Balaban J connectivity index is 1.45. The highest BCUT2D eigenvalue weighted by Gasteiger charge is 2.27. The summed E-state index contributed by atoms with van der Waals surface area (Å²) in [6.07, 6.45) is 8.31. The SMILES string of the molecule is Nc1ncc(/C=C/C(=O)N2CCCC(c3nc4ccccc4o3)C2)cn1. The first kappa shape index (κ1) is 16.3. The Morgan fingerprint density at radius 2 is 2.08 bits per heavy atom. The van der Waals surface area contributed by atoms with Gasteiger partial charge in [0, 0.05) is 37.1 Å². The van der Waals surface area contributed by atoms with Crippen LogP contribution in [0.5, 0.6) is 0 Å². The first-order valence-corrected chi connectivity index (χ1v) is 8.59. The van der Waals surface area contributed by atoms with Gasteiger partial charge in [-0.1, -0.05) is 12.1 Å². The van der Waals surface area contributed by atoms with Gasteiger partial charge in [-0.2, -0.15) is 0 Å². The molecule has 132 valence electrons. The Hall–Kier alpha value is -3.22. The van der Waals surface area contributed by atoms with Crippen LogP contribution < -0.4 is 5.73 Å². The molecule has 1 atom stereocenters. The molecule has 0 aliphatic carbocycles. The normalized spacial score (nSPS) is 17.8. The molecule has 1 aliphatic rings. The van der Waals surface area contributed by atoms with E-state index in [1.807, 2.05) is 29.2 Å². The molecule has 7 heteroatoms. The third-order valence-electron chi connectivity index (χ3n) is 4.50. The van der Waals surface area contributed by atoms with Gasteiger partial charge in [0.1, 0.15) is 5.52 Å². The Kier molecular flexibility index (Phi) is 4.35. The number of rotatable bonds is 3. The average Bonchev–Trinajstić information content (AvgIpc) is 3.12. The molecule has 0 spiro atoms. The number of oxazole rings is 1. The highest BCUT2D eigenvalue weighted by Crippen LogP contribution is 2.29. The van der Waals surface area contributed by atoms with E-state index in [1.165, 1.54) is 0 Å². The van der Waals surface area contributed by atoms with Crippen LogP contribution in [0.1, 0.15) is 30.2 Å². The van der Waals surface area contributed by atoms with Crippen molar-refractivity contribution in [3.8, 4) is 0 Å². The molecule has 0 saturated carbocycles. The zero-order valence-corrected chi connectivity index (χ0v) is 14.2. The van der Waals surface area contributed by atoms with E-state index in [-0.39, 0.29) is 17.8 Å². The first-order valence-electron chi connectivity index (χ1n) is 8.59. The van der Waals surface area contributed by atoms with Crippen LogP contribution >= 0.6 is 0 Å². The minimum atomic E-state index is -0.0392. The van der Waals surface area contributed by atoms with Crippen molar-refractivity contribution in [3.63, 3.8) is 0 Å². The van der Waals surface area contributed by atoms with Gasteiger partial charge in [0.2, 0.25) is 11.9 Å². The average molecular weight is 349 g/mol. The number of nitrogens with two attached hydrogens (primary N) is 1. The summed E-state index contributed by atoms with van der Waals surface area (Å²) in [6, 6.07) is 7.72. The van der Waals surface area contributed by atoms with Crippen LogP contribution in [-0.4, -0.2) is 38.8 Å². The molecule has 4 rings (SSSR count). The van der Waals surface area contributed by atoms with E-state index in [0.717, 1.165) is 36.0 Å². The molecule has 1 amide bonds. The van der Waals surface area contributed by atoms with Crippen molar-refractivity contribution in [1.82, 2.24) is 19.9 Å².